The van der Waals surface area contributed by atoms with Gasteiger partial charge in [0.25, 0.3) is 0 Å². The molecule has 0 aliphatic carbocycles. The minimum Gasteiger partial charge on any atom is -0.289 e. The van der Waals surface area contributed by atoms with Gasteiger partial charge in [-0.25, -0.2) is 0 Å². The Hall–Kier alpha value is -0.530. The maximum absolute atomic E-state index is 6.03. The lowest BCUT2D eigenvalue weighted by atomic mass is 10.1. The Labute approximate surface area is 94.8 Å². The predicted octanol–water partition coefficient (Wildman–Crippen LogP) is 4.21. The molecule has 1 aromatic rings. The van der Waals surface area contributed by atoms with Crippen molar-refractivity contribution in [3.63, 3.8) is 0 Å². The average Bonchev–Trinajstić information content (AvgIpc) is 2.18. The normalized spacial score (nSPS) is 11.9. The van der Waals surface area contributed by atoms with E-state index in [2.05, 4.69) is 11.9 Å². The predicted molar refractivity (Wildman–Crippen MR) is 63.8 cm³/mol. The van der Waals surface area contributed by atoms with Crippen molar-refractivity contribution in [1.29, 1.82) is 0 Å². The highest BCUT2D eigenvalue weighted by Gasteiger charge is 2.03. The zero-order valence-corrected chi connectivity index (χ0v) is 9.86. The molecule has 0 radical (unpaired) electrons. The summed E-state index contributed by atoms with van der Waals surface area (Å²) < 4.78 is 0. The van der Waals surface area contributed by atoms with Gasteiger partial charge in [-0.3, -0.25) is 4.99 Å². The van der Waals surface area contributed by atoms with E-state index in [0.717, 1.165) is 24.2 Å². The van der Waals surface area contributed by atoms with Crippen molar-refractivity contribution in [2.24, 2.45) is 4.99 Å². The fraction of sp³-hybridized carbons (Fsp3) is 0.364. The van der Waals surface area contributed by atoms with Crippen LogP contribution in [0.25, 0.3) is 0 Å². The Morgan fingerprint density at radius 3 is 2.71 bits per heavy atom. The summed E-state index contributed by atoms with van der Waals surface area (Å²) in [6.07, 6.45) is 1.04. The topological polar surface area (TPSA) is 12.4 Å². The number of hydrogen-bond donors (Lipinski definition) is 0. The van der Waals surface area contributed by atoms with Gasteiger partial charge < -0.3 is 0 Å². The highest BCUT2D eigenvalue weighted by atomic mass is 35.5. The Morgan fingerprint density at radius 1 is 1.36 bits per heavy atom. The molecule has 0 fully saturated rings. The Morgan fingerprint density at radius 2 is 2.07 bits per heavy atom. The number of hydrogen-bond acceptors (Lipinski definition) is 1. The van der Waals surface area contributed by atoms with Crippen LogP contribution in [0.5, 0.6) is 0 Å². The molecule has 76 valence electrons. The Bertz CT molecular complexity index is 345. The van der Waals surface area contributed by atoms with Crippen molar-refractivity contribution in [2.45, 2.75) is 20.3 Å². The molecule has 0 saturated heterocycles. The van der Waals surface area contributed by atoms with Gasteiger partial charge in [-0.05, 0) is 31.5 Å². The molecule has 1 rings (SSSR count). The largest absolute Gasteiger partial charge is 0.289 e. The van der Waals surface area contributed by atoms with E-state index in [4.69, 9.17) is 23.2 Å². The lowest BCUT2D eigenvalue weighted by Gasteiger charge is -2.04. The average molecular weight is 230 g/mol. The molecule has 0 bridgehead atoms. The second kappa shape index (κ2) is 5.38. The number of benzene rings is 1. The molecule has 0 aliphatic heterocycles. The van der Waals surface area contributed by atoms with Gasteiger partial charge in [-0.2, -0.15) is 0 Å². The Balaban J connectivity index is 2.99. The molecule has 0 N–H and O–H groups in total. The quantitative estimate of drug-likeness (QED) is 0.689. The summed E-state index contributed by atoms with van der Waals surface area (Å²) in [4.78, 5) is 4.39. The SMILES string of the molecule is CCCN=C(C)c1cc(Cl)ccc1Cl. The lowest BCUT2D eigenvalue weighted by molar-refractivity contribution is 0.931. The highest BCUT2D eigenvalue weighted by Crippen LogP contribution is 2.21. The number of rotatable bonds is 3. The summed E-state index contributed by atoms with van der Waals surface area (Å²) in [6, 6.07) is 5.42. The van der Waals surface area contributed by atoms with E-state index in [9.17, 15) is 0 Å². The van der Waals surface area contributed by atoms with Gasteiger partial charge in [0.2, 0.25) is 0 Å². The van der Waals surface area contributed by atoms with Gasteiger partial charge in [0.1, 0.15) is 0 Å². The monoisotopic (exact) mass is 229 g/mol. The molecular formula is C11H13Cl2N. The maximum atomic E-state index is 6.03. The third-order valence-electron chi connectivity index (χ3n) is 1.89. The molecule has 0 aliphatic rings. The molecule has 0 heterocycles. The summed E-state index contributed by atoms with van der Waals surface area (Å²) in [7, 11) is 0. The van der Waals surface area contributed by atoms with Crippen molar-refractivity contribution < 1.29 is 0 Å². The summed E-state index contributed by atoms with van der Waals surface area (Å²) in [5.74, 6) is 0. The smallest absolute Gasteiger partial charge is 0.0497 e. The summed E-state index contributed by atoms with van der Waals surface area (Å²) >= 11 is 11.9. The van der Waals surface area contributed by atoms with E-state index in [1.807, 2.05) is 13.0 Å². The van der Waals surface area contributed by atoms with Crippen LogP contribution in [0.3, 0.4) is 0 Å². The summed E-state index contributed by atoms with van der Waals surface area (Å²) in [6.45, 7) is 4.87. The molecular weight excluding hydrogens is 217 g/mol. The van der Waals surface area contributed by atoms with E-state index < -0.39 is 0 Å². The van der Waals surface area contributed by atoms with Gasteiger partial charge >= 0.3 is 0 Å². The fourth-order valence-electron chi connectivity index (χ4n) is 1.14. The molecule has 3 heteroatoms. The summed E-state index contributed by atoms with van der Waals surface area (Å²) in [5.41, 5.74) is 1.87. The Kier molecular flexibility index (Phi) is 4.43. The standard InChI is InChI=1S/C11H13Cl2N/c1-3-6-14-8(2)10-7-9(12)4-5-11(10)13/h4-5,7H,3,6H2,1-2H3. The minimum atomic E-state index is 0.690. The second-order valence-electron chi connectivity index (χ2n) is 3.09. The van der Waals surface area contributed by atoms with E-state index >= 15 is 0 Å². The highest BCUT2D eigenvalue weighted by molar-refractivity contribution is 6.36. The minimum absolute atomic E-state index is 0.690. The van der Waals surface area contributed by atoms with Gasteiger partial charge in [0.05, 0.1) is 0 Å². The third-order valence-corrected chi connectivity index (χ3v) is 2.46. The van der Waals surface area contributed by atoms with Gasteiger partial charge in [0.15, 0.2) is 0 Å². The zero-order valence-electron chi connectivity index (χ0n) is 8.35. The first-order valence-corrected chi connectivity index (χ1v) is 5.37. The van der Waals surface area contributed by atoms with E-state index in [-0.39, 0.29) is 0 Å². The maximum Gasteiger partial charge on any atom is 0.0497 e. The van der Waals surface area contributed by atoms with Gasteiger partial charge in [0, 0.05) is 27.9 Å². The first kappa shape index (κ1) is 11.5. The van der Waals surface area contributed by atoms with E-state index in [0.29, 0.717) is 10.0 Å². The molecule has 0 spiro atoms. The van der Waals surface area contributed by atoms with Crippen molar-refractivity contribution >= 4 is 28.9 Å². The van der Waals surface area contributed by atoms with Gasteiger partial charge in [-0.15, -0.1) is 0 Å². The molecule has 0 saturated carbocycles. The molecule has 0 atom stereocenters. The first-order chi connectivity index (χ1) is 6.65. The van der Waals surface area contributed by atoms with Crippen LogP contribution >= 0.6 is 23.2 Å². The van der Waals surface area contributed by atoms with Crippen LogP contribution < -0.4 is 0 Å². The van der Waals surface area contributed by atoms with Crippen LogP contribution in [-0.2, 0) is 0 Å². The van der Waals surface area contributed by atoms with Crippen molar-refractivity contribution in [2.75, 3.05) is 6.54 Å². The molecule has 14 heavy (non-hydrogen) atoms. The first-order valence-electron chi connectivity index (χ1n) is 4.61. The zero-order chi connectivity index (χ0) is 10.6. The number of halogens is 2. The molecule has 1 aromatic carbocycles. The van der Waals surface area contributed by atoms with Gasteiger partial charge in [-0.1, -0.05) is 30.1 Å². The van der Waals surface area contributed by atoms with Crippen LogP contribution in [0.4, 0.5) is 0 Å². The third kappa shape index (κ3) is 3.00. The van der Waals surface area contributed by atoms with Crippen LogP contribution in [0.1, 0.15) is 25.8 Å². The number of nitrogens with zero attached hydrogens (tertiary/aromatic N) is 1. The van der Waals surface area contributed by atoms with E-state index in [1.54, 1.807) is 12.1 Å². The van der Waals surface area contributed by atoms with Crippen molar-refractivity contribution in [3.05, 3.63) is 33.8 Å². The fourth-order valence-corrected chi connectivity index (χ4v) is 1.57. The number of aliphatic imine (C=N–C) groups is 1. The second-order valence-corrected chi connectivity index (χ2v) is 3.93. The van der Waals surface area contributed by atoms with Crippen molar-refractivity contribution in [3.8, 4) is 0 Å². The lowest BCUT2D eigenvalue weighted by Crippen LogP contribution is -1.97. The molecule has 0 amide bonds. The molecule has 0 unspecified atom stereocenters. The van der Waals surface area contributed by atoms with Crippen LogP contribution in [0.15, 0.2) is 23.2 Å². The van der Waals surface area contributed by atoms with Crippen LogP contribution in [0.2, 0.25) is 10.0 Å². The van der Waals surface area contributed by atoms with Crippen LogP contribution in [-0.4, -0.2) is 12.3 Å². The van der Waals surface area contributed by atoms with Crippen molar-refractivity contribution in [1.82, 2.24) is 0 Å². The van der Waals surface area contributed by atoms with Crippen LogP contribution in [0, 0.1) is 0 Å². The van der Waals surface area contributed by atoms with E-state index in [1.165, 1.54) is 0 Å². The molecule has 1 nitrogen and oxygen atoms in total. The summed E-state index contributed by atoms with van der Waals surface area (Å²) in [5, 5.41) is 1.39. The molecule has 0 aromatic heterocycles.